The molecule has 2 aromatic rings. The number of benzene rings is 1. The highest BCUT2D eigenvalue weighted by Crippen LogP contribution is 2.31. The quantitative estimate of drug-likeness (QED) is 0.860. The van der Waals surface area contributed by atoms with Crippen LogP contribution >= 0.6 is 0 Å². The monoisotopic (exact) mass is 287 g/mol. The van der Waals surface area contributed by atoms with Gasteiger partial charge in [0.15, 0.2) is 0 Å². The first-order chi connectivity index (χ1) is 10.3. The summed E-state index contributed by atoms with van der Waals surface area (Å²) in [6.07, 6.45) is 2.90. The summed E-state index contributed by atoms with van der Waals surface area (Å²) in [5, 5.41) is 0. The number of rotatable bonds is 5. The number of nitrogens with one attached hydrogen (secondary N) is 1. The smallest absolute Gasteiger partial charge is 0.249 e. The Morgan fingerprint density at radius 1 is 1.48 bits per heavy atom. The summed E-state index contributed by atoms with van der Waals surface area (Å²) in [5.74, 6) is 0.948. The second kappa shape index (κ2) is 6.26. The number of carbonyl (C=O) groups excluding carboxylic acids is 1. The number of carbonyl (C=O) groups is 1. The van der Waals surface area contributed by atoms with Gasteiger partial charge in [0, 0.05) is 13.2 Å². The molecule has 1 aliphatic heterocycles. The lowest BCUT2D eigenvalue weighted by Crippen LogP contribution is -2.34. The normalized spacial score (nSPS) is 18.5. The van der Waals surface area contributed by atoms with Gasteiger partial charge < -0.3 is 14.6 Å². The third-order valence-electron chi connectivity index (χ3n) is 3.87. The predicted octanol–water partition coefficient (Wildman–Crippen LogP) is 2.65. The first kappa shape index (κ1) is 14.1. The van der Waals surface area contributed by atoms with Gasteiger partial charge >= 0.3 is 0 Å². The highest BCUT2D eigenvalue weighted by Gasteiger charge is 2.31. The summed E-state index contributed by atoms with van der Waals surface area (Å²) in [6.45, 7) is 3.63. The van der Waals surface area contributed by atoms with Crippen LogP contribution in [0.2, 0.25) is 0 Å². The van der Waals surface area contributed by atoms with Crippen molar-refractivity contribution in [2.45, 2.75) is 32.2 Å². The third kappa shape index (κ3) is 2.93. The van der Waals surface area contributed by atoms with Gasteiger partial charge in [-0.1, -0.05) is 19.1 Å². The van der Waals surface area contributed by atoms with Crippen molar-refractivity contribution in [2.75, 3.05) is 19.8 Å². The summed E-state index contributed by atoms with van der Waals surface area (Å²) in [5.41, 5.74) is 1.98. The Morgan fingerprint density at radius 2 is 2.33 bits per heavy atom. The summed E-state index contributed by atoms with van der Waals surface area (Å²) in [7, 11) is 0. The van der Waals surface area contributed by atoms with Gasteiger partial charge in [-0.2, -0.15) is 0 Å². The van der Waals surface area contributed by atoms with Crippen LogP contribution in [0.15, 0.2) is 24.3 Å². The maximum Gasteiger partial charge on any atom is 0.249 e. The van der Waals surface area contributed by atoms with Crippen LogP contribution < -0.4 is 0 Å². The first-order valence-electron chi connectivity index (χ1n) is 7.61. The number of nitrogens with zero attached hydrogens (tertiary/aromatic N) is 2. The van der Waals surface area contributed by atoms with E-state index in [-0.39, 0.29) is 18.6 Å². The molecule has 0 saturated carbocycles. The van der Waals surface area contributed by atoms with Gasteiger partial charge in [0.1, 0.15) is 12.4 Å². The molecule has 1 aromatic carbocycles. The highest BCUT2D eigenvalue weighted by molar-refractivity contribution is 5.79. The SMILES string of the molecule is CCCOCC(=O)N1CCC[C@H]1c1nc2ccccc2[nH]1. The molecule has 1 atom stereocenters. The molecule has 5 heteroatoms. The van der Waals surface area contributed by atoms with E-state index in [2.05, 4.69) is 9.97 Å². The van der Waals surface area contributed by atoms with Crippen molar-refractivity contribution in [1.29, 1.82) is 0 Å². The van der Waals surface area contributed by atoms with E-state index in [0.29, 0.717) is 6.61 Å². The van der Waals surface area contributed by atoms with Crippen LogP contribution in [0.25, 0.3) is 11.0 Å². The number of aromatic nitrogens is 2. The fourth-order valence-corrected chi connectivity index (χ4v) is 2.87. The van der Waals surface area contributed by atoms with Gasteiger partial charge in [0.05, 0.1) is 17.1 Å². The molecule has 0 bridgehead atoms. The summed E-state index contributed by atoms with van der Waals surface area (Å²) < 4.78 is 5.38. The lowest BCUT2D eigenvalue weighted by molar-refractivity contribution is -0.137. The maximum atomic E-state index is 12.3. The Bertz CT molecular complexity index is 590. The molecule has 1 N–H and O–H groups in total. The van der Waals surface area contributed by atoms with Gasteiger partial charge in [-0.05, 0) is 31.4 Å². The highest BCUT2D eigenvalue weighted by atomic mass is 16.5. The summed E-state index contributed by atoms with van der Waals surface area (Å²) >= 11 is 0. The van der Waals surface area contributed by atoms with Crippen LogP contribution in [-0.4, -0.2) is 40.5 Å². The molecule has 0 radical (unpaired) electrons. The van der Waals surface area contributed by atoms with Gasteiger partial charge in [0.25, 0.3) is 0 Å². The number of ether oxygens (including phenoxy) is 1. The average molecular weight is 287 g/mol. The molecule has 0 unspecified atom stereocenters. The zero-order valence-corrected chi connectivity index (χ0v) is 12.3. The Balaban J connectivity index is 1.75. The van der Waals surface area contributed by atoms with Crippen LogP contribution in [0.3, 0.4) is 0 Å². The number of hydrogen-bond acceptors (Lipinski definition) is 3. The Kier molecular flexibility index (Phi) is 4.20. The molecule has 1 aromatic heterocycles. The van der Waals surface area contributed by atoms with Crippen molar-refractivity contribution in [3.8, 4) is 0 Å². The van der Waals surface area contributed by atoms with E-state index in [1.54, 1.807) is 0 Å². The van der Waals surface area contributed by atoms with E-state index in [1.807, 2.05) is 36.1 Å². The van der Waals surface area contributed by atoms with Crippen LogP contribution in [0.4, 0.5) is 0 Å². The minimum Gasteiger partial charge on any atom is -0.372 e. The minimum atomic E-state index is 0.0510. The number of amides is 1. The van der Waals surface area contributed by atoms with Crippen LogP contribution in [-0.2, 0) is 9.53 Å². The van der Waals surface area contributed by atoms with Gasteiger partial charge in [-0.25, -0.2) is 4.98 Å². The van der Waals surface area contributed by atoms with E-state index in [1.165, 1.54) is 0 Å². The lowest BCUT2D eigenvalue weighted by atomic mass is 10.2. The standard InChI is InChI=1S/C16H21N3O2/c1-2-10-21-11-15(20)19-9-5-8-14(19)16-17-12-6-3-4-7-13(12)18-16/h3-4,6-7,14H,2,5,8-11H2,1H3,(H,17,18)/t14-/m0/s1. The van der Waals surface area contributed by atoms with Crippen molar-refractivity contribution < 1.29 is 9.53 Å². The first-order valence-corrected chi connectivity index (χ1v) is 7.61. The number of aromatic amines is 1. The van der Waals surface area contributed by atoms with E-state index in [0.717, 1.165) is 42.7 Å². The molecule has 2 heterocycles. The zero-order valence-electron chi connectivity index (χ0n) is 12.3. The second-order valence-corrected chi connectivity index (χ2v) is 5.44. The molecule has 3 rings (SSSR count). The van der Waals surface area contributed by atoms with Crippen LogP contribution in [0.5, 0.6) is 0 Å². The van der Waals surface area contributed by atoms with Crippen molar-refractivity contribution in [3.63, 3.8) is 0 Å². The molecule has 21 heavy (non-hydrogen) atoms. The number of likely N-dealkylation sites (tertiary alicyclic amines) is 1. The fraction of sp³-hybridized carbons (Fsp3) is 0.500. The molecule has 1 saturated heterocycles. The number of imidazole rings is 1. The summed E-state index contributed by atoms with van der Waals surface area (Å²) in [6, 6.07) is 8.01. The maximum absolute atomic E-state index is 12.3. The molecule has 5 nitrogen and oxygen atoms in total. The number of fused-ring (bicyclic) bond motifs is 1. The van der Waals surface area contributed by atoms with Crippen molar-refractivity contribution in [3.05, 3.63) is 30.1 Å². The van der Waals surface area contributed by atoms with E-state index in [4.69, 9.17) is 4.74 Å². The van der Waals surface area contributed by atoms with Gasteiger partial charge in [-0.3, -0.25) is 4.79 Å². The van der Waals surface area contributed by atoms with Gasteiger partial charge in [0.2, 0.25) is 5.91 Å². The molecule has 0 aliphatic carbocycles. The molecule has 1 amide bonds. The van der Waals surface area contributed by atoms with Crippen molar-refractivity contribution in [1.82, 2.24) is 14.9 Å². The summed E-state index contributed by atoms with van der Waals surface area (Å²) in [4.78, 5) is 22.2. The molecule has 0 spiro atoms. The molecule has 112 valence electrons. The zero-order chi connectivity index (χ0) is 14.7. The largest absolute Gasteiger partial charge is 0.372 e. The topological polar surface area (TPSA) is 58.2 Å². The molecular formula is C16H21N3O2. The van der Waals surface area contributed by atoms with E-state index < -0.39 is 0 Å². The third-order valence-corrected chi connectivity index (χ3v) is 3.87. The Hall–Kier alpha value is -1.88. The Morgan fingerprint density at radius 3 is 3.14 bits per heavy atom. The van der Waals surface area contributed by atoms with Crippen molar-refractivity contribution >= 4 is 16.9 Å². The predicted molar refractivity (Wildman–Crippen MR) is 80.9 cm³/mol. The lowest BCUT2D eigenvalue weighted by Gasteiger charge is -2.23. The number of para-hydroxylation sites is 2. The average Bonchev–Trinajstić information content (AvgIpc) is 3.13. The minimum absolute atomic E-state index is 0.0510. The second-order valence-electron chi connectivity index (χ2n) is 5.44. The van der Waals surface area contributed by atoms with E-state index >= 15 is 0 Å². The van der Waals surface area contributed by atoms with Crippen LogP contribution in [0.1, 0.15) is 38.1 Å². The van der Waals surface area contributed by atoms with Crippen molar-refractivity contribution in [2.24, 2.45) is 0 Å². The molecule has 1 aliphatic rings. The Labute approximate surface area is 124 Å². The van der Waals surface area contributed by atoms with Gasteiger partial charge in [-0.15, -0.1) is 0 Å². The van der Waals surface area contributed by atoms with Crippen LogP contribution in [0, 0.1) is 0 Å². The number of H-pyrrole nitrogens is 1. The molecular weight excluding hydrogens is 266 g/mol. The molecule has 1 fully saturated rings. The number of hydrogen-bond donors (Lipinski definition) is 1. The fourth-order valence-electron chi connectivity index (χ4n) is 2.87. The van der Waals surface area contributed by atoms with E-state index in [9.17, 15) is 4.79 Å².